The first kappa shape index (κ1) is 20.9. The Morgan fingerprint density at radius 1 is 1.17 bits per heavy atom. The van der Waals surface area contributed by atoms with Gasteiger partial charge in [-0.05, 0) is 32.4 Å². The van der Waals surface area contributed by atoms with Gasteiger partial charge in [-0.3, -0.25) is 4.79 Å². The van der Waals surface area contributed by atoms with Crippen LogP contribution >= 0.6 is 11.3 Å². The van der Waals surface area contributed by atoms with Gasteiger partial charge < -0.3 is 10.0 Å². The molecule has 2 aromatic carbocycles. The van der Waals surface area contributed by atoms with Gasteiger partial charge in [0.2, 0.25) is 5.82 Å². The summed E-state index contributed by atoms with van der Waals surface area (Å²) in [5.74, 6) is -6.08. The van der Waals surface area contributed by atoms with Crippen LogP contribution in [0, 0.1) is 24.4 Å². The molecule has 0 aliphatic rings. The molecule has 0 bridgehead atoms. The summed E-state index contributed by atoms with van der Waals surface area (Å²) in [6.45, 7) is 5.73. The van der Waals surface area contributed by atoms with Crippen LogP contribution in [0.3, 0.4) is 0 Å². The normalized spacial score (nSPS) is 11.1. The minimum Gasteiger partial charge on any atom is -0.503 e. The second-order valence-corrected chi connectivity index (χ2v) is 7.83. The van der Waals surface area contributed by atoms with Crippen LogP contribution in [0.4, 0.5) is 13.2 Å². The van der Waals surface area contributed by atoms with E-state index in [4.69, 9.17) is 0 Å². The Labute approximate surface area is 170 Å². The van der Waals surface area contributed by atoms with Gasteiger partial charge in [-0.15, -0.1) is 11.3 Å². The van der Waals surface area contributed by atoms with Crippen molar-refractivity contribution < 1.29 is 23.1 Å². The van der Waals surface area contributed by atoms with Crippen LogP contribution in [-0.4, -0.2) is 26.9 Å². The Morgan fingerprint density at radius 2 is 1.83 bits per heavy atom. The molecule has 8 heteroatoms. The SMILES string of the molecule is Cc1nc(-c2cc(F)c(F)c(O)c2F)sc1C(=O)N(Cc1ccccc1)C(C)C. The third-order valence-electron chi connectivity index (χ3n) is 4.43. The second-order valence-electron chi connectivity index (χ2n) is 6.83. The molecule has 1 heterocycles. The number of carbonyl (C=O) groups is 1. The van der Waals surface area contributed by atoms with Gasteiger partial charge >= 0.3 is 0 Å². The Kier molecular flexibility index (Phi) is 5.93. The molecule has 0 spiro atoms. The molecule has 0 saturated carbocycles. The number of carbonyl (C=O) groups excluding carboxylic acids is 1. The van der Waals surface area contributed by atoms with Gasteiger partial charge in [0.25, 0.3) is 5.91 Å². The molecule has 4 nitrogen and oxygen atoms in total. The van der Waals surface area contributed by atoms with Gasteiger partial charge in [-0.2, -0.15) is 4.39 Å². The maximum absolute atomic E-state index is 14.3. The number of halogens is 3. The molecule has 0 fully saturated rings. The number of hydrogen-bond acceptors (Lipinski definition) is 4. The van der Waals surface area contributed by atoms with Gasteiger partial charge in [0.05, 0.1) is 11.3 Å². The van der Waals surface area contributed by atoms with Crippen LogP contribution in [0.25, 0.3) is 10.6 Å². The Bertz CT molecular complexity index is 1050. The van der Waals surface area contributed by atoms with E-state index in [0.717, 1.165) is 16.9 Å². The average Bonchev–Trinajstić information content (AvgIpc) is 3.08. The predicted molar refractivity (Wildman–Crippen MR) is 105 cm³/mol. The maximum Gasteiger partial charge on any atom is 0.266 e. The van der Waals surface area contributed by atoms with E-state index in [2.05, 4.69) is 4.98 Å². The van der Waals surface area contributed by atoms with E-state index in [1.165, 1.54) is 0 Å². The first-order valence-electron chi connectivity index (χ1n) is 8.89. The largest absolute Gasteiger partial charge is 0.503 e. The third kappa shape index (κ3) is 4.12. The van der Waals surface area contributed by atoms with Crippen LogP contribution < -0.4 is 0 Å². The molecule has 3 rings (SSSR count). The van der Waals surface area contributed by atoms with Crippen molar-refractivity contribution in [2.45, 2.75) is 33.4 Å². The number of benzene rings is 2. The Hall–Kier alpha value is -2.87. The van der Waals surface area contributed by atoms with Crippen molar-refractivity contribution in [2.75, 3.05) is 0 Å². The molecule has 1 aromatic heterocycles. The van der Waals surface area contributed by atoms with Crippen molar-refractivity contribution in [1.82, 2.24) is 9.88 Å². The maximum atomic E-state index is 14.3. The molecule has 0 radical (unpaired) electrons. The van der Waals surface area contributed by atoms with Gasteiger partial charge in [0, 0.05) is 12.6 Å². The number of nitrogens with zero attached hydrogens (tertiary/aromatic N) is 2. The van der Waals surface area contributed by atoms with Crippen LogP contribution in [0.2, 0.25) is 0 Å². The van der Waals surface area contributed by atoms with Crippen molar-refractivity contribution in [3.8, 4) is 16.3 Å². The Balaban J connectivity index is 1.98. The lowest BCUT2D eigenvalue weighted by molar-refractivity contribution is 0.0694. The number of phenols is 1. The number of aromatic nitrogens is 1. The number of rotatable bonds is 5. The van der Waals surface area contributed by atoms with E-state index in [1.807, 2.05) is 44.2 Å². The molecule has 0 unspecified atom stereocenters. The summed E-state index contributed by atoms with van der Waals surface area (Å²) in [7, 11) is 0. The number of hydrogen-bond donors (Lipinski definition) is 1. The third-order valence-corrected chi connectivity index (χ3v) is 5.61. The van der Waals surface area contributed by atoms with Crippen LogP contribution in [-0.2, 0) is 6.54 Å². The molecule has 0 aliphatic carbocycles. The van der Waals surface area contributed by atoms with Crippen molar-refractivity contribution >= 4 is 17.2 Å². The molecule has 29 heavy (non-hydrogen) atoms. The van der Waals surface area contributed by atoms with E-state index in [0.29, 0.717) is 18.3 Å². The van der Waals surface area contributed by atoms with E-state index < -0.39 is 28.8 Å². The molecular weight excluding hydrogens is 401 g/mol. The van der Waals surface area contributed by atoms with Gasteiger partial charge in [0.1, 0.15) is 9.88 Å². The highest BCUT2D eigenvalue weighted by atomic mass is 32.1. The zero-order chi connectivity index (χ0) is 21.3. The fraction of sp³-hybridized carbons (Fsp3) is 0.238. The van der Waals surface area contributed by atoms with Gasteiger partial charge in [0.15, 0.2) is 17.4 Å². The van der Waals surface area contributed by atoms with Crippen molar-refractivity contribution in [3.63, 3.8) is 0 Å². The predicted octanol–water partition coefficient (Wildman–Crippen LogP) is 5.29. The van der Waals surface area contributed by atoms with E-state index in [1.54, 1.807) is 11.8 Å². The highest BCUT2D eigenvalue weighted by Gasteiger charge is 2.27. The first-order chi connectivity index (χ1) is 13.7. The minimum atomic E-state index is -1.66. The average molecular weight is 420 g/mol. The number of amides is 1. The molecule has 0 aliphatic heterocycles. The molecular formula is C21H19F3N2O2S. The highest BCUT2D eigenvalue weighted by molar-refractivity contribution is 7.17. The fourth-order valence-corrected chi connectivity index (χ4v) is 3.89. The zero-order valence-electron chi connectivity index (χ0n) is 16.0. The second kappa shape index (κ2) is 8.24. The summed E-state index contributed by atoms with van der Waals surface area (Å²) >= 11 is 0.872. The number of thiazole rings is 1. The summed E-state index contributed by atoms with van der Waals surface area (Å²) in [5.41, 5.74) is 0.901. The van der Waals surface area contributed by atoms with Crippen molar-refractivity contribution in [2.24, 2.45) is 0 Å². The quantitative estimate of drug-likeness (QED) is 0.571. The number of aryl methyl sites for hydroxylation is 1. The summed E-state index contributed by atoms with van der Waals surface area (Å²) in [6, 6.07) is 9.98. The van der Waals surface area contributed by atoms with Crippen LogP contribution in [0.1, 0.15) is 34.8 Å². The van der Waals surface area contributed by atoms with Crippen molar-refractivity contribution in [3.05, 3.63) is 70.0 Å². The molecule has 1 N–H and O–H groups in total. The molecule has 3 aromatic rings. The number of phenolic OH excluding ortho intramolecular Hbond substituents is 1. The summed E-state index contributed by atoms with van der Waals surface area (Å²) in [6.07, 6.45) is 0. The number of aromatic hydroxyl groups is 1. The molecule has 0 atom stereocenters. The lowest BCUT2D eigenvalue weighted by atomic mass is 10.1. The monoisotopic (exact) mass is 420 g/mol. The van der Waals surface area contributed by atoms with Crippen molar-refractivity contribution in [1.29, 1.82) is 0 Å². The van der Waals surface area contributed by atoms with E-state index in [-0.39, 0.29) is 21.8 Å². The van der Waals surface area contributed by atoms with E-state index in [9.17, 15) is 23.1 Å². The van der Waals surface area contributed by atoms with E-state index >= 15 is 0 Å². The Morgan fingerprint density at radius 3 is 2.45 bits per heavy atom. The zero-order valence-corrected chi connectivity index (χ0v) is 16.9. The first-order valence-corrected chi connectivity index (χ1v) is 9.71. The standard InChI is InChI=1S/C21H19F3N2O2S/c1-11(2)26(10-13-7-5-4-6-8-13)21(28)19-12(3)25-20(29-19)14-9-15(22)17(24)18(27)16(14)23/h4-9,11,27H,10H2,1-3H3. The summed E-state index contributed by atoms with van der Waals surface area (Å²) in [4.78, 5) is 19.2. The smallest absolute Gasteiger partial charge is 0.266 e. The van der Waals surface area contributed by atoms with Gasteiger partial charge in [-0.25, -0.2) is 13.8 Å². The molecule has 0 saturated heterocycles. The topological polar surface area (TPSA) is 53.4 Å². The fourth-order valence-electron chi connectivity index (χ4n) is 2.86. The van der Waals surface area contributed by atoms with Crippen LogP contribution in [0.5, 0.6) is 5.75 Å². The van der Waals surface area contributed by atoms with Gasteiger partial charge in [-0.1, -0.05) is 30.3 Å². The summed E-state index contributed by atoms with van der Waals surface area (Å²) < 4.78 is 41.3. The minimum absolute atomic E-state index is 0.0130. The summed E-state index contributed by atoms with van der Waals surface area (Å²) in [5, 5.41) is 9.44. The molecule has 1 amide bonds. The highest BCUT2D eigenvalue weighted by Crippen LogP contribution is 2.36. The lowest BCUT2D eigenvalue weighted by Gasteiger charge is -2.26. The lowest BCUT2D eigenvalue weighted by Crippen LogP contribution is -2.36. The van der Waals surface area contributed by atoms with Crippen LogP contribution in [0.15, 0.2) is 36.4 Å². The molecule has 152 valence electrons.